The van der Waals surface area contributed by atoms with E-state index in [4.69, 9.17) is 0 Å². The monoisotopic (exact) mass is 196 g/mol. The molecule has 0 aliphatic carbocycles. The minimum atomic E-state index is 0.610. The molecular weight excluding hydrogens is 176 g/mol. The molecule has 0 saturated carbocycles. The average molecular weight is 196 g/mol. The van der Waals surface area contributed by atoms with E-state index in [0.29, 0.717) is 6.04 Å². The van der Waals surface area contributed by atoms with Gasteiger partial charge in [0.2, 0.25) is 0 Å². The zero-order chi connectivity index (χ0) is 10.4. The summed E-state index contributed by atoms with van der Waals surface area (Å²) in [5.74, 6) is 0. The third kappa shape index (κ3) is 3.46. The Labute approximate surface area is 85.9 Å². The van der Waals surface area contributed by atoms with Crippen molar-refractivity contribution in [3.8, 4) is 0 Å². The zero-order valence-electron chi connectivity index (χ0n) is 9.35. The molecule has 4 heteroatoms. The molecular formula is C10H20N4. The molecule has 1 aromatic rings. The first-order chi connectivity index (χ1) is 6.74. The van der Waals surface area contributed by atoms with Crippen molar-refractivity contribution >= 4 is 0 Å². The van der Waals surface area contributed by atoms with E-state index in [2.05, 4.69) is 35.8 Å². The van der Waals surface area contributed by atoms with Gasteiger partial charge in [0, 0.05) is 12.6 Å². The fourth-order valence-corrected chi connectivity index (χ4v) is 1.49. The highest BCUT2D eigenvalue weighted by Gasteiger charge is 2.07. The van der Waals surface area contributed by atoms with Crippen molar-refractivity contribution in [2.75, 3.05) is 13.1 Å². The molecule has 4 nitrogen and oxygen atoms in total. The van der Waals surface area contributed by atoms with Crippen molar-refractivity contribution in [2.24, 2.45) is 0 Å². The molecule has 0 fully saturated rings. The Hall–Kier alpha value is -0.900. The van der Waals surface area contributed by atoms with Gasteiger partial charge in [-0.25, -0.2) is 4.98 Å². The topological polar surface area (TPSA) is 34.0 Å². The van der Waals surface area contributed by atoms with Crippen LogP contribution in [0.1, 0.15) is 27.2 Å². The second kappa shape index (κ2) is 5.75. The Bertz CT molecular complexity index is 230. The van der Waals surface area contributed by atoms with Crippen molar-refractivity contribution in [3.05, 3.63) is 12.7 Å². The first-order valence-corrected chi connectivity index (χ1v) is 5.30. The summed E-state index contributed by atoms with van der Waals surface area (Å²) in [7, 11) is 0. The van der Waals surface area contributed by atoms with Crippen LogP contribution in [-0.2, 0) is 6.54 Å². The smallest absolute Gasteiger partial charge is 0.137 e. The van der Waals surface area contributed by atoms with Crippen molar-refractivity contribution in [1.82, 2.24) is 19.7 Å². The van der Waals surface area contributed by atoms with Crippen molar-refractivity contribution in [1.29, 1.82) is 0 Å². The summed E-state index contributed by atoms with van der Waals surface area (Å²) in [6.45, 7) is 9.82. The van der Waals surface area contributed by atoms with E-state index < -0.39 is 0 Å². The summed E-state index contributed by atoms with van der Waals surface area (Å²) < 4.78 is 1.88. The maximum absolute atomic E-state index is 4.09. The molecule has 0 unspecified atom stereocenters. The highest BCUT2D eigenvalue weighted by molar-refractivity contribution is 4.63. The van der Waals surface area contributed by atoms with Crippen LogP contribution in [0.3, 0.4) is 0 Å². The number of nitrogens with zero attached hydrogens (tertiary/aromatic N) is 4. The Morgan fingerprint density at radius 2 is 2.14 bits per heavy atom. The van der Waals surface area contributed by atoms with Gasteiger partial charge in [-0.1, -0.05) is 6.92 Å². The fraction of sp³-hybridized carbons (Fsp3) is 0.800. The molecule has 0 aromatic carbocycles. The van der Waals surface area contributed by atoms with E-state index in [-0.39, 0.29) is 0 Å². The summed E-state index contributed by atoms with van der Waals surface area (Å²) in [6, 6.07) is 0.610. The van der Waals surface area contributed by atoms with Crippen LogP contribution in [0.2, 0.25) is 0 Å². The fourth-order valence-electron chi connectivity index (χ4n) is 1.49. The van der Waals surface area contributed by atoms with E-state index in [1.807, 2.05) is 4.68 Å². The summed E-state index contributed by atoms with van der Waals surface area (Å²) in [5.41, 5.74) is 0. The third-order valence-electron chi connectivity index (χ3n) is 2.32. The van der Waals surface area contributed by atoms with Gasteiger partial charge in [0.15, 0.2) is 0 Å². The van der Waals surface area contributed by atoms with Gasteiger partial charge in [0.25, 0.3) is 0 Å². The number of hydrogen-bond donors (Lipinski definition) is 0. The molecule has 1 rings (SSSR count). The lowest BCUT2D eigenvalue weighted by molar-refractivity contribution is 0.210. The van der Waals surface area contributed by atoms with E-state index >= 15 is 0 Å². The van der Waals surface area contributed by atoms with Crippen LogP contribution >= 0.6 is 0 Å². The van der Waals surface area contributed by atoms with Gasteiger partial charge in [-0.05, 0) is 26.8 Å². The molecule has 0 bridgehead atoms. The Balaban J connectivity index is 2.33. The van der Waals surface area contributed by atoms with Crippen LogP contribution in [0, 0.1) is 0 Å². The maximum atomic E-state index is 4.09. The Morgan fingerprint density at radius 3 is 2.64 bits per heavy atom. The lowest BCUT2D eigenvalue weighted by atomic mass is 10.3. The van der Waals surface area contributed by atoms with Crippen LogP contribution in [0.15, 0.2) is 12.7 Å². The molecule has 0 aliphatic heterocycles. The van der Waals surface area contributed by atoms with Gasteiger partial charge in [-0.2, -0.15) is 5.10 Å². The highest BCUT2D eigenvalue weighted by atomic mass is 15.3. The summed E-state index contributed by atoms with van der Waals surface area (Å²) in [5, 5.41) is 4.09. The normalized spacial score (nSPS) is 11.5. The zero-order valence-corrected chi connectivity index (χ0v) is 9.35. The van der Waals surface area contributed by atoms with E-state index in [9.17, 15) is 0 Å². The van der Waals surface area contributed by atoms with Crippen molar-refractivity contribution in [2.45, 2.75) is 39.8 Å². The Morgan fingerprint density at radius 1 is 1.36 bits per heavy atom. The molecule has 0 aliphatic rings. The summed E-state index contributed by atoms with van der Waals surface area (Å²) >= 11 is 0. The van der Waals surface area contributed by atoms with Crippen LogP contribution in [0.4, 0.5) is 0 Å². The second-order valence-corrected chi connectivity index (χ2v) is 3.79. The van der Waals surface area contributed by atoms with E-state index in [1.54, 1.807) is 12.7 Å². The molecule has 80 valence electrons. The molecule has 0 atom stereocenters. The summed E-state index contributed by atoms with van der Waals surface area (Å²) in [6.07, 6.45) is 4.56. The van der Waals surface area contributed by atoms with E-state index in [1.165, 1.54) is 6.42 Å². The quantitative estimate of drug-likeness (QED) is 0.689. The predicted molar refractivity (Wildman–Crippen MR) is 57.0 cm³/mol. The van der Waals surface area contributed by atoms with Crippen LogP contribution in [-0.4, -0.2) is 38.8 Å². The minimum Gasteiger partial charge on any atom is -0.299 e. The lowest BCUT2D eigenvalue weighted by Crippen LogP contribution is -2.34. The van der Waals surface area contributed by atoms with Crippen molar-refractivity contribution in [3.63, 3.8) is 0 Å². The first-order valence-electron chi connectivity index (χ1n) is 5.30. The van der Waals surface area contributed by atoms with Crippen LogP contribution in [0.5, 0.6) is 0 Å². The SMILES string of the molecule is CCCN(CCn1cncn1)C(C)C. The van der Waals surface area contributed by atoms with Gasteiger partial charge in [0.05, 0.1) is 6.54 Å². The highest BCUT2D eigenvalue weighted by Crippen LogP contribution is 1.99. The van der Waals surface area contributed by atoms with Crippen LogP contribution in [0.25, 0.3) is 0 Å². The minimum absolute atomic E-state index is 0.610. The largest absolute Gasteiger partial charge is 0.299 e. The standard InChI is InChI=1S/C10H20N4/c1-4-5-13(10(2)3)6-7-14-9-11-8-12-14/h8-10H,4-7H2,1-3H3. The number of aromatic nitrogens is 3. The van der Waals surface area contributed by atoms with Gasteiger partial charge in [-0.15, -0.1) is 0 Å². The molecule has 1 heterocycles. The molecule has 0 spiro atoms. The third-order valence-corrected chi connectivity index (χ3v) is 2.32. The number of hydrogen-bond acceptors (Lipinski definition) is 3. The second-order valence-electron chi connectivity index (χ2n) is 3.79. The predicted octanol–water partition coefficient (Wildman–Crippen LogP) is 1.40. The molecule has 14 heavy (non-hydrogen) atoms. The molecule has 0 saturated heterocycles. The first kappa shape index (κ1) is 11.2. The van der Waals surface area contributed by atoms with Gasteiger partial charge < -0.3 is 0 Å². The Kier molecular flexibility index (Phi) is 4.59. The van der Waals surface area contributed by atoms with Gasteiger partial charge in [0.1, 0.15) is 12.7 Å². The maximum Gasteiger partial charge on any atom is 0.137 e. The van der Waals surface area contributed by atoms with Crippen LogP contribution < -0.4 is 0 Å². The average Bonchev–Trinajstić information content (AvgIpc) is 2.64. The molecule has 0 amide bonds. The number of rotatable bonds is 6. The van der Waals surface area contributed by atoms with Crippen molar-refractivity contribution < 1.29 is 0 Å². The van der Waals surface area contributed by atoms with E-state index in [0.717, 1.165) is 19.6 Å². The van der Waals surface area contributed by atoms with Gasteiger partial charge >= 0.3 is 0 Å². The molecule has 1 aromatic heterocycles. The lowest BCUT2D eigenvalue weighted by Gasteiger charge is -2.25. The van der Waals surface area contributed by atoms with Gasteiger partial charge in [-0.3, -0.25) is 9.58 Å². The molecule has 0 radical (unpaired) electrons. The summed E-state index contributed by atoms with van der Waals surface area (Å²) in [4.78, 5) is 6.38. The molecule has 0 N–H and O–H groups in total.